The second kappa shape index (κ2) is 5.77. The smallest absolute Gasteiger partial charge is 0.269 e. The molecule has 2 rings (SSSR count). The summed E-state index contributed by atoms with van der Waals surface area (Å²) in [6.07, 6.45) is 4.10. The zero-order chi connectivity index (χ0) is 13.0. The Balaban J connectivity index is 1.85. The molecule has 0 spiro atoms. The molecule has 0 unspecified atom stereocenters. The molecule has 0 saturated heterocycles. The van der Waals surface area contributed by atoms with Crippen molar-refractivity contribution in [3.63, 3.8) is 0 Å². The number of halogens is 1. The number of aromatic nitrogens is 3. The van der Waals surface area contributed by atoms with E-state index >= 15 is 0 Å². The van der Waals surface area contributed by atoms with Crippen LogP contribution in [0.1, 0.15) is 16.2 Å². The SMILES string of the molecule is Cn1nccc1CCNC(=O)c1ccc(Br)cn1. The largest absolute Gasteiger partial charge is 0.350 e. The van der Waals surface area contributed by atoms with Crippen LogP contribution in [0.4, 0.5) is 0 Å². The normalized spacial score (nSPS) is 10.3. The summed E-state index contributed by atoms with van der Waals surface area (Å²) in [6, 6.07) is 5.41. The number of aryl methyl sites for hydroxylation is 1. The van der Waals surface area contributed by atoms with Crippen molar-refractivity contribution in [2.24, 2.45) is 7.05 Å². The van der Waals surface area contributed by atoms with E-state index in [9.17, 15) is 4.79 Å². The van der Waals surface area contributed by atoms with Gasteiger partial charge >= 0.3 is 0 Å². The zero-order valence-corrected chi connectivity index (χ0v) is 11.5. The van der Waals surface area contributed by atoms with Crippen molar-refractivity contribution in [1.82, 2.24) is 20.1 Å². The Morgan fingerprint density at radius 1 is 1.44 bits per heavy atom. The van der Waals surface area contributed by atoms with E-state index in [1.165, 1.54) is 0 Å². The number of pyridine rings is 1. The van der Waals surface area contributed by atoms with Crippen molar-refractivity contribution in [2.45, 2.75) is 6.42 Å². The predicted molar refractivity (Wildman–Crippen MR) is 71.2 cm³/mol. The van der Waals surface area contributed by atoms with Gasteiger partial charge in [0.05, 0.1) is 0 Å². The molecular formula is C12H13BrN4O. The minimum Gasteiger partial charge on any atom is -0.350 e. The highest BCUT2D eigenvalue weighted by atomic mass is 79.9. The van der Waals surface area contributed by atoms with E-state index in [1.807, 2.05) is 13.1 Å². The van der Waals surface area contributed by atoms with E-state index in [2.05, 4.69) is 31.3 Å². The summed E-state index contributed by atoms with van der Waals surface area (Å²) in [7, 11) is 1.88. The van der Waals surface area contributed by atoms with Gasteiger partial charge in [0.25, 0.3) is 5.91 Å². The summed E-state index contributed by atoms with van der Waals surface area (Å²) < 4.78 is 2.65. The van der Waals surface area contributed by atoms with E-state index < -0.39 is 0 Å². The number of hydrogen-bond donors (Lipinski definition) is 1. The summed E-state index contributed by atoms with van der Waals surface area (Å²) in [5.41, 5.74) is 1.50. The van der Waals surface area contributed by atoms with Crippen molar-refractivity contribution in [3.8, 4) is 0 Å². The highest BCUT2D eigenvalue weighted by Gasteiger charge is 2.06. The highest BCUT2D eigenvalue weighted by Crippen LogP contribution is 2.07. The third-order valence-electron chi connectivity index (χ3n) is 2.55. The van der Waals surface area contributed by atoms with Crippen LogP contribution < -0.4 is 5.32 Å². The molecule has 0 aromatic carbocycles. The van der Waals surface area contributed by atoms with Crippen LogP contribution in [0.15, 0.2) is 35.1 Å². The average molecular weight is 309 g/mol. The predicted octanol–water partition coefficient (Wildman–Crippen LogP) is 1.55. The van der Waals surface area contributed by atoms with Gasteiger partial charge in [-0.3, -0.25) is 9.48 Å². The zero-order valence-electron chi connectivity index (χ0n) is 9.93. The lowest BCUT2D eigenvalue weighted by molar-refractivity contribution is 0.0949. The standard InChI is InChI=1S/C12H13BrN4O/c1-17-10(5-7-16-17)4-6-14-12(18)11-3-2-9(13)8-15-11/h2-3,5,7-8H,4,6H2,1H3,(H,14,18). The van der Waals surface area contributed by atoms with E-state index in [0.29, 0.717) is 12.2 Å². The molecule has 6 heteroatoms. The second-order valence-electron chi connectivity index (χ2n) is 3.81. The molecule has 5 nitrogen and oxygen atoms in total. The molecule has 18 heavy (non-hydrogen) atoms. The van der Waals surface area contributed by atoms with Gasteiger partial charge in [0, 0.05) is 42.6 Å². The topological polar surface area (TPSA) is 59.8 Å². The van der Waals surface area contributed by atoms with Gasteiger partial charge in [-0.25, -0.2) is 4.98 Å². The maximum Gasteiger partial charge on any atom is 0.269 e. The van der Waals surface area contributed by atoms with Crippen LogP contribution in [-0.2, 0) is 13.5 Å². The molecule has 2 aromatic rings. The van der Waals surface area contributed by atoms with Gasteiger partial charge in [0.1, 0.15) is 5.69 Å². The lowest BCUT2D eigenvalue weighted by Crippen LogP contribution is -2.26. The Morgan fingerprint density at radius 3 is 2.89 bits per heavy atom. The summed E-state index contributed by atoms with van der Waals surface area (Å²) in [4.78, 5) is 15.8. The first-order valence-corrected chi connectivity index (χ1v) is 6.33. The number of carbonyl (C=O) groups excluding carboxylic acids is 1. The number of nitrogens with zero attached hydrogens (tertiary/aromatic N) is 3. The average Bonchev–Trinajstić information content (AvgIpc) is 2.76. The number of carbonyl (C=O) groups is 1. The fraction of sp³-hybridized carbons (Fsp3) is 0.250. The molecular weight excluding hydrogens is 296 g/mol. The first-order valence-electron chi connectivity index (χ1n) is 5.53. The van der Waals surface area contributed by atoms with Gasteiger partial charge in [-0.05, 0) is 34.1 Å². The number of nitrogens with one attached hydrogen (secondary N) is 1. The molecule has 2 heterocycles. The monoisotopic (exact) mass is 308 g/mol. The Labute approximate surface area is 113 Å². The van der Waals surface area contributed by atoms with Crippen LogP contribution >= 0.6 is 15.9 Å². The Hall–Kier alpha value is -1.69. The van der Waals surface area contributed by atoms with Crippen LogP contribution in [0.2, 0.25) is 0 Å². The highest BCUT2D eigenvalue weighted by molar-refractivity contribution is 9.10. The van der Waals surface area contributed by atoms with Crippen LogP contribution in [0.25, 0.3) is 0 Å². The van der Waals surface area contributed by atoms with Gasteiger partial charge in [-0.15, -0.1) is 0 Å². The lowest BCUT2D eigenvalue weighted by atomic mass is 10.3. The lowest BCUT2D eigenvalue weighted by Gasteiger charge is -2.05. The Kier molecular flexibility index (Phi) is 4.09. The number of amides is 1. The molecule has 0 aliphatic heterocycles. The van der Waals surface area contributed by atoms with Crippen LogP contribution in [-0.4, -0.2) is 27.2 Å². The molecule has 0 aliphatic carbocycles. The van der Waals surface area contributed by atoms with E-state index in [4.69, 9.17) is 0 Å². The molecule has 0 aliphatic rings. The number of hydrogen-bond acceptors (Lipinski definition) is 3. The van der Waals surface area contributed by atoms with Crippen LogP contribution in [0.5, 0.6) is 0 Å². The molecule has 1 amide bonds. The molecule has 0 fully saturated rings. The van der Waals surface area contributed by atoms with Gasteiger partial charge in [-0.1, -0.05) is 0 Å². The van der Waals surface area contributed by atoms with Crippen molar-refractivity contribution in [1.29, 1.82) is 0 Å². The van der Waals surface area contributed by atoms with E-state index in [-0.39, 0.29) is 5.91 Å². The van der Waals surface area contributed by atoms with Gasteiger partial charge < -0.3 is 5.32 Å². The number of rotatable bonds is 4. The van der Waals surface area contributed by atoms with E-state index in [0.717, 1.165) is 16.6 Å². The minimum atomic E-state index is -0.162. The Bertz CT molecular complexity index is 535. The molecule has 0 radical (unpaired) electrons. The fourth-order valence-corrected chi connectivity index (χ4v) is 1.79. The van der Waals surface area contributed by atoms with Gasteiger partial charge in [0.2, 0.25) is 0 Å². The third kappa shape index (κ3) is 3.16. The molecule has 0 atom stereocenters. The van der Waals surface area contributed by atoms with Crippen molar-refractivity contribution in [3.05, 3.63) is 46.5 Å². The first-order chi connectivity index (χ1) is 8.66. The Morgan fingerprint density at radius 2 is 2.28 bits per heavy atom. The van der Waals surface area contributed by atoms with Crippen molar-refractivity contribution >= 4 is 21.8 Å². The summed E-state index contributed by atoms with van der Waals surface area (Å²) in [6.45, 7) is 0.566. The first kappa shape index (κ1) is 12.8. The van der Waals surface area contributed by atoms with Gasteiger partial charge in [0.15, 0.2) is 0 Å². The molecule has 0 bridgehead atoms. The molecule has 94 valence electrons. The van der Waals surface area contributed by atoms with Crippen molar-refractivity contribution in [2.75, 3.05) is 6.54 Å². The van der Waals surface area contributed by atoms with Crippen LogP contribution in [0, 0.1) is 0 Å². The van der Waals surface area contributed by atoms with Crippen molar-refractivity contribution < 1.29 is 4.79 Å². The molecule has 1 N–H and O–H groups in total. The second-order valence-corrected chi connectivity index (χ2v) is 4.73. The summed E-state index contributed by atoms with van der Waals surface area (Å²) >= 11 is 3.28. The van der Waals surface area contributed by atoms with E-state index in [1.54, 1.807) is 29.2 Å². The molecule has 0 saturated carbocycles. The maximum absolute atomic E-state index is 11.8. The maximum atomic E-state index is 11.8. The van der Waals surface area contributed by atoms with Crippen LogP contribution in [0.3, 0.4) is 0 Å². The summed E-state index contributed by atoms with van der Waals surface area (Å²) in [5, 5.41) is 6.89. The summed E-state index contributed by atoms with van der Waals surface area (Å²) in [5.74, 6) is -0.162. The quantitative estimate of drug-likeness (QED) is 0.932. The minimum absolute atomic E-state index is 0.162. The molecule has 2 aromatic heterocycles. The van der Waals surface area contributed by atoms with Gasteiger partial charge in [-0.2, -0.15) is 5.10 Å². The third-order valence-corrected chi connectivity index (χ3v) is 3.02. The fourth-order valence-electron chi connectivity index (χ4n) is 1.55.